The van der Waals surface area contributed by atoms with Gasteiger partial charge in [0.15, 0.2) is 0 Å². The summed E-state index contributed by atoms with van der Waals surface area (Å²) in [6, 6.07) is 19.2. The van der Waals surface area contributed by atoms with Gasteiger partial charge < -0.3 is 4.90 Å². The molecular weight excluding hydrogens is 226 g/mol. The number of rotatable bonds is 4. The Bertz CT molecular complexity index is 448. The van der Waals surface area contributed by atoms with Crippen molar-refractivity contribution in [3.8, 4) is 0 Å². The smallest absolute Gasteiger partial charge is 0.0227 e. The third kappa shape index (κ3) is 3.91. The van der Waals surface area contributed by atoms with Gasteiger partial charge >= 0.3 is 0 Å². The second-order valence-electron chi connectivity index (χ2n) is 4.30. The van der Waals surface area contributed by atoms with E-state index in [2.05, 4.69) is 67.5 Å². The van der Waals surface area contributed by atoms with Gasteiger partial charge in [0.05, 0.1) is 0 Å². The Morgan fingerprint density at radius 1 is 0.824 bits per heavy atom. The van der Waals surface area contributed by atoms with Crippen molar-refractivity contribution < 1.29 is 0 Å². The molecule has 0 heterocycles. The van der Waals surface area contributed by atoms with Crippen molar-refractivity contribution in [2.24, 2.45) is 0 Å². The van der Waals surface area contributed by atoms with Gasteiger partial charge in [-0.1, -0.05) is 42.1 Å². The molecule has 0 aliphatic carbocycles. The molecule has 2 aromatic carbocycles. The van der Waals surface area contributed by atoms with E-state index < -0.39 is 0 Å². The van der Waals surface area contributed by atoms with Gasteiger partial charge in [0.2, 0.25) is 0 Å². The van der Waals surface area contributed by atoms with E-state index in [9.17, 15) is 0 Å². The lowest BCUT2D eigenvalue weighted by molar-refractivity contribution is 0.402. The molecule has 2 rings (SSSR count). The Balaban J connectivity index is 2.03. The second-order valence-corrected chi connectivity index (χ2v) is 5.44. The zero-order chi connectivity index (χ0) is 12.1. The highest BCUT2D eigenvalue weighted by molar-refractivity contribution is 7.99. The highest BCUT2D eigenvalue weighted by atomic mass is 32.2. The molecule has 0 saturated heterocycles. The first-order valence-corrected chi connectivity index (χ1v) is 6.52. The molecule has 0 radical (unpaired) electrons. The molecular formula is C15H17NS. The van der Waals surface area contributed by atoms with E-state index in [0.717, 1.165) is 6.54 Å². The van der Waals surface area contributed by atoms with E-state index in [-0.39, 0.29) is 0 Å². The summed E-state index contributed by atoms with van der Waals surface area (Å²) in [5.74, 6) is 0. The molecule has 0 saturated carbocycles. The second kappa shape index (κ2) is 5.89. The fourth-order valence-electron chi connectivity index (χ4n) is 1.65. The van der Waals surface area contributed by atoms with Gasteiger partial charge in [0, 0.05) is 16.3 Å². The molecule has 0 atom stereocenters. The van der Waals surface area contributed by atoms with Crippen molar-refractivity contribution in [3.05, 3.63) is 60.2 Å². The van der Waals surface area contributed by atoms with Crippen LogP contribution >= 0.6 is 11.8 Å². The lowest BCUT2D eigenvalue weighted by Gasteiger charge is -2.09. The predicted octanol–water partition coefficient (Wildman–Crippen LogP) is 3.90. The minimum Gasteiger partial charge on any atom is -0.305 e. The monoisotopic (exact) mass is 243 g/mol. The number of hydrogen-bond acceptors (Lipinski definition) is 2. The van der Waals surface area contributed by atoms with E-state index >= 15 is 0 Å². The number of benzene rings is 2. The zero-order valence-corrected chi connectivity index (χ0v) is 11.1. The highest BCUT2D eigenvalue weighted by Gasteiger charge is 1.98. The number of hydrogen-bond donors (Lipinski definition) is 0. The van der Waals surface area contributed by atoms with E-state index in [4.69, 9.17) is 0 Å². The molecule has 0 aliphatic heterocycles. The molecule has 0 spiro atoms. The minimum atomic E-state index is 0.996. The zero-order valence-electron chi connectivity index (χ0n) is 10.3. The summed E-state index contributed by atoms with van der Waals surface area (Å²) in [6.07, 6.45) is 0. The Morgan fingerprint density at radius 3 is 2.00 bits per heavy atom. The Kier molecular flexibility index (Phi) is 4.24. The van der Waals surface area contributed by atoms with Crippen molar-refractivity contribution in [3.63, 3.8) is 0 Å². The molecule has 0 aliphatic rings. The summed E-state index contributed by atoms with van der Waals surface area (Å²) in [4.78, 5) is 4.76. The molecule has 2 aromatic rings. The first-order chi connectivity index (χ1) is 8.24. The standard InChI is InChI=1S/C15H17NS/c1-16(2)12-13-8-10-15(11-9-13)17-14-6-4-3-5-7-14/h3-11H,12H2,1-2H3. The van der Waals surface area contributed by atoms with Crippen LogP contribution in [0.4, 0.5) is 0 Å². The summed E-state index contributed by atoms with van der Waals surface area (Å²) in [5, 5.41) is 0. The maximum atomic E-state index is 2.20. The molecule has 88 valence electrons. The maximum absolute atomic E-state index is 2.20. The first-order valence-electron chi connectivity index (χ1n) is 5.70. The van der Waals surface area contributed by atoms with E-state index in [1.165, 1.54) is 15.4 Å². The maximum Gasteiger partial charge on any atom is 0.0227 e. The average molecular weight is 243 g/mol. The highest BCUT2D eigenvalue weighted by Crippen LogP contribution is 2.27. The Morgan fingerprint density at radius 2 is 1.41 bits per heavy atom. The van der Waals surface area contributed by atoms with Crippen molar-refractivity contribution in [2.75, 3.05) is 14.1 Å². The van der Waals surface area contributed by atoms with E-state index in [1.54, 1.807) is 11.8 Å². The van der Waals surface area contributed by atoms with Crippen LogP contribution in [0.1, 0.15) is 5.56 Å². The summed E-state index contributed by atoms with van der Waals surface area (Å²) >= 11 is 1.80. The van der Waals surface area contributed by atoms with Gasteiger partial charge in [0.25, 0.3) is 0 Å². The molecule has 0 fully saturated rings. The van der Waals surface area contributed by atoms with Crippen LogP contribution in [0.2, 0.25) is 0 Å². The molecule has 0 bridgehead atoms. The van der Waals surface area contributed by atoms with Crippen LogP contribution in [0, 0.1) is 0 Å². The molecule has 17 heavy (non-hydrogen) atoms. The molecule has 0 unspecified atom stereocenters. The predicted molar refractivity (Wildman–Crippen MR) is 74.4 cm³/mol. The van der Waals surface area contributed by atoms with Crippen LogP contribution in [0.5, 0.6) is 0 Å². The van der Waals surface area contributed by atoms with Gasteiger partial charge in [-0.05, 0) is 43.9 Å². The lowest BCUT2D eigenvalue weighted by Crippen LogP contribution is -2.10. The lowest BCUT2D eigenvalue weighted by atomic mass is 10.2. The van der Waals surface area contributed by atoms with Crippen LogP contribution < -0.4 is 0 Å². The average Bonchev–Trinajstić information content (AvgIpc) is 2.32. The summed E-state index contributed by atoms with van der Waals surface area (Å²) in [7, 11) is 4.18. The van der Waals surface area contributed by atoms with Crippen molar-refractivity contribution >= 4 is 11.8 Å². The van der Waals surface area contributed by atoms with Gasteiger partial charge in [-0.15, -0.1) is 0 Å². The summed E-state index contributed by atoms with van der Waals surface area (Å²) in [6.45, 7) is 0.996. The largest absolute Gasteiger partial charge is 0.305 e. The topological polar surface area (TPSA) is 3.24 Å². The SMILES string of the molecule is CN(C)Cc1ccc(Sc2ccccc2)cc1. The fourth-order valence-corrected chi connectivity index (χ4v) is 2.49. The quantitative estimate of drug-likeness (QED) is 0.801. The van der Waals surface area contributed by atoms with Crippen LogP contribution in [0.15, 0.2) is 64.4 Å². The van der Waals surface area contributed by atoms with Crippen LogP contribution in [-0.4, -0.2) is 19.0 Å². The van der Waals surface area contributed by atoms with E-state index in [1.807, 2.05) is 6.07 Å². The first kappa shape index (κ1) is 12.2. The van der Waals surface area contributed by atoms with Crippen molar-refractivity contribution in [2.45, 2.75) is 16.3 Å². The van der Waals surface area contributed by atoms with Gasteiger partial charge in [-0.25, -0.2) is 0 Å². The van der Waals surface area contributed by atoms with Gasteiger partial charge in [-0.3, -0.25) is 0 Å². The van der Waals surface area contributed by atoms with Crippen LogP contribution in [0.25, 0.3) is 0 Å². The minimum absolute atomic E-state index is 0.996. The van der Waals surface area contributed by atoms with E-state index in [0.29, 0.717) is 0 Å². The van der Waals surface area contributed by atoms with Gasteiger partial charge in [0.1, 0.15) is 0 Å². The van der Waals surface area contributed by atoms with Gasteiger partial charge in [-0.2, -0.15) is 0 Å². The van der Waals surface area contributed by atoms with Crippen LogP contribution in [0.3, 0.4) is 0 Å². The normalized spacial score (nSPS) is 10.8. The third-order valence-corrected chi connectivity index (χ3v) is 3.42. The van der Waals surface area contributed by atoms with Crippen LogP contribution in [-0.2, 0) is 6.54 Å². The fraction of sp³-hybridized carbons (Fsp3) is 0.200. The molecule has 2 heteroatoms. The summed E-state index contributed by atoms with van der Waals surface area (Å²) in [5.41, 5.74) is 1.35. The van der Waals surface area contributed by atoms with Crippen molar-refractivity contribution in [1.82, 2.24) is 4.90 Å². The Hall–Kier alpha value is -1.25. The molecule has 0 aromatic heterocycles. The third-order valence-electron chi connectivity index (χ3n) is 2.40. The molecule has 0 amide bonds. The molecule has 0 N–H and O–H groups in total. The molecule has 1 nitrogen and oxygen atoms in total. The Labute approximate surface area is 107 Å². The van der Waals surface area contributed by atoms with Crippen molar-refractivity contribution in [1.29, 1.82) is 0 Å². The number of nitrogens with zero attached hydrogens (tertiary/aromatic N) is 1. The summed E-state index contributed by atoms with van der Waals surface area (Å²) < 4.78 is 0.